The number of ether oxygens (including phenoxy) is 1. The Morgan fingerprint density at radius 3 is 2.75 bits per heavy atom. The van der Waals surface area contributed by atoms with E-state index in [-0.39, 0.29) is 0 Å². The number of hydrogen-bond donors (Lipinski definition) is 1. The van der Waals surface area contributed by atoms with Gasteiger partial charge in [-0.3, -0.25) is 4.98 Å². The first-order chi connectivity index (χ1) is 9.83. The summed E-state index contributed by atoms with van der Waals surface area (Å²) < 4.78 is 5.85. The third-order valence-corrected chi connectivity index (χ3v) is 2.91. The van der Waals surface area contributed by atoms with E-state index in [4.69, 9.17) is 4.74 Å². The number of rotatable bonds is 6. The fraction of sp³-hybridized carbons (Fsp3) is 0.235. The topological polar surface area (TPSA) is 34.1 Å². The van der Waals surface area contributed by atoms with Crippen molar-refractivity contribution in [2.24, 2.45) is 0 Å². The van der Waals surface area contributed by atoms with Crippen molar-refractivity contribution >= 4 is 6.08 Å². The maximum Gasteiger partial charge on any atom is 0.130 e. The molecule has 1 N–H and O–H groups in total. The van der Waals surface area contributed by atoms with Gasteiger partial charge in [0.2, 0.25) is 0 Å². The van der Waals surface area contributed by atoms with Crippen LogP contribution in [0.5, 0.6) is 5.75 Å². The number of pyridine rings is 1. The second-order valence-corrected chi connectivity index (χ2v) is 4.51. The second kappa shape index (κ2) is 7.46. The van der Waals surface area contributed by atoms with Gasteiger partial charge in [0.05, 0.1) is 5.69 Å². The van der Waals surface area contributed by atoms with Gasteiger partial charge in [-0.2, -0.15) is 0 Å². The lowest BCUT2D eigenvalue weighted by atomic mass is 10.2. The molecule has 0 aliphatic heterocycles. The molecule has 0 bridgehead atoms. The van der Waals surface area contributed by atoms with Crippen LogP contribution < -0.4 is 10.1 Å². The van der Waals surface area contributed by atoms with E-state index in [0.717, 1.165) is 23.6 Å². The molecule has 0 saturated heterocycles. The molecule has 0 aliphatic rings. The minimum absolute atomic E-state index is 0.481. The van der Waals surface area contributed by atoms with Crippen LogP contribution in [0.4, 0.5) is 0 Å². The van der Waals surface area contributed by atoms with Crippen molar-refractivity contribution in [1.82, 2.24) is 10.3 Å². The number of hydrogen-bond acceptors (Lipinski definition) is 3. The molecule has 1 aromatic heterocycles. The summed E-state index contributed by atoms with van der Waals surface area (Å²) in [6.45, 7) is 3.31. The molecular formula is C17H20N2O. The molecule has 0 amide bonds. The van der Waals surface area contributed by atoms with Gasteiger partial charge in [-0.15, -0.1) is 0 Å². The zero-order valence-electron chi connectivity index (χ0n) is 12.0. The number of aromatic nitrogens is 1. The van der Waals surface area contributed by atoms with Gasteiger partial charge in [0.1, 0.15) is 12.4 Å². The Kier molecular flexibility index (Phi) is 5.33. The van der Waals surface area contributed by atoms with Crippen LogP contribution in [0.15, 0.2) is 48.7 Å². The van der Waals surface area contributed by atoms with E-state index in [1.165, 1.54) is 5.56 Å². The molecule has 0 fully saturated rings. The van der Waals surface area contributed by atoms with Crippen LogP contribution in [-0.4, -0.2) is 12.0 Å². The molecule has 0 aliphatic carbocycles. The highest BCUT2D eigenvalue weighted by Crippen LogP contribution is 2.20. The normalized spacial score (nSPS) is 10.9. The summed E-state index contributed by atoms with van der Waals surface area (Å²) in [6.07, 6.45) is 5.93. The van der Waals surface area contributed by atoms with Crippen molar-refractivity contribution < 1.29 is 4.74 Å². The Morgan fingerprint density at radius 1 is 1.20 bits per heavy atom. The number of para-hydroxylation sites is 1. The molecule has 3 heteroatoms. The van der Waals surface area contributed by atoms with Gasteiger partial charge in [0.25, 0.3) is 0 Å². The Bertz CT molecular complexity index is 561. The maximum absolute atomic E-state index is 5.85. The lowest BCUT2D eigenvalue weighted by Gasteiger charge is -2.09. The zero-order chi connectivity index (χ0) is 14.2. The largest absolute Gasteiger partial charge is 0.487 e. The number of nitrogens with one attached hydrogen (secondary N) is 1. The molecule has 1 heterocycles. The summed E-state index contributed by atoms with van der Waals surface area (Å²) in [7, 11) is 1.93. The van der Waals surface area contributed by atoms with E-state index in [1.807, 2.05) is 62.7 Å². The van der Waals surface area contributed by atoms with E-state index < -0.39 is 0 Å². The van der Waals surface area contributed by atoms with E-state index in [2.05, 4.69) is 16.4 Å². The minimum Gasteiger partial charge on any atom is -0.487 e. The highest BCUT2D eigenvalue weighted by atomic mass is 16.5. The average molecular weight is 268 g/mol. The Labute approximate surface area is 120 Å². The average Bonchev–Trinajstić information content (AvgIpc) is 2.48. The smallest absolute Gasteiger partial charge is 0.130 e. The van der Waals surface area contributed by atoms with Crippen molar-refractivity contribution in [1.29, 1.82) is 0 Å². The van der Waals surface area contributed by atoms with E-state index in [9.17, 15) is 0 Å². The first-order valence-corrected chi connectivity index (χ1v) is 6.76. The van der Waals surface area contributed by atoms with Crippen molar-refractivity contribution in [3.63, 3.8) is 0 Å². The molecule has 20 heavy (non-hydrogen) atoms. The van der Waals surface area contributed by atoms with Crippen LogP contribution in [0.3, 0.4) is 0 Å². The molecule has 0 atom stereocenters. The summed E-state index contributed by atoms with van der Waals surface area (Å²) in [6, 6.07) is 12.1. The summed E-state index contributed by atoms with van der Waals surface area (Å²) in [4.78, 5) is 4.41. The monoisotopic (exact) mass is 268 g/mol. The predicted octanol–water partition coefficient (Wildman–Crippen LogP) is 3.41. The van der Waals surface area contributed by atoms with Gasteiger partial charge < -0.3 is 10.1 Å². The highest BCUT2D eigenvalue weighted by molar-refractivity contribution is 5.56. The first kappa shape index (κ1) is 14.3. The summed E-state index contributed by atoms with van der Waals surface area (Å²) in [5.41, 5.74) is 3.19. The molecular weight excluding hydrogens is 248 g/mol. The summed E-state index contributed by atoms with van der Waals surface area (Å²) in [5, 5.41) is 3.10. The Morgan fingerprint density at radius 2 is 2.05 bits per heavy atom. The molecule has 0 radical (unpaired) electrons. The molecule has 3 nitrogen and oxygen atoms in total. The molecule has 0 spiro atoms. The molecule has 1 aromatic carbocycles. The van der Waals surface area contributed by atoms with Crippen LogP contribution in [0, 0.1) is 0 Å². The molecule has 2 aromatic rings. The summed E-state index contributed by atoms with van der Waals surface area (Å²) >= 11 is 0. The molecule has 104 valence electrons. The van der Waals surface area contributed by atoms with Crippen LogP contribution in [0.1, 0.15) is 23.7 Å². The van der Waals surface area contributed by atoms with E-state index in [1.54, 1.807) is 0 Å². The fourth-order valence-corrected chi connectivity index (χ4v) is 1.93. The Hall–Kier alpha value is -2.13. The lowest BCUT2D eigenvalue weighted by molar-refractivity contribution is 0.300. The van der Waals surface area contributed by atoms with Gasteiger partial charge in [-0.05, 0) is 31.7 Å². The number of allylic oxidation sites excluding steroid dienone is 1. The third-order valence-electron chi connectivity index (χ3n) is 2.91. The minimum atomic E-state index is 0.481. The SMILES string of the molecule is C/C=C/c1ccccc1OCc1ccc(CNC)cn1. The first-order valence-electron chi connectivity index (χ1n) is 6.76. The number of benzene rings is 1. The fourth-order valence-electron chi connectivity index (χ4n) is 1.93. The van der Waals surface area contributed by atoms with Gasteiger partial charge in [-0.25, -0.2) is 0 Å². The predicted molar refractivity (Wildman–Crippen MR) is 82.5 cm³/mol. The Balaban J connectivity index is 2.01. The van der Waals surface area contributed by atoms with Crippen LogP contribution in [0.2, 0.25) is 0 Å². The van der Waals surface area contributed by atoms with Crippen molar-refractivity contribution in [2.75, 3.05) is 7.05 Å². The quantitative estimate of drug-likeness (QED) is 0.871. The zero-order valence-corrected chi connectivity index (χ0v) is 12.0. The van der Waals surface area contributed by atoms with Crippen molar-refractivity contribution in [3.05, 3.63) is 65.5 Å². The summed E-state index contributed by atoms with van der Waals surface area (Å²) in [5.74, 6) is 0.881. The highest BCUT2D eigenvalue weighted by Gasteiger charge is 2.01. The van der Waals surface area contributed by atoms with Crippen LogP contribution >= 0.6 is 0 Å². The van der Waals surface area contributed by atoms with E-state index in [0.29, 0.717) is 6.61 Å². The second-order valence-electron chi connectivity index (χ2n) is 4.51. The molecule has 0 unspecified atom stereocenters. The van der Waals surface area contributed by atoms with Crippen LogP contribution in [0.25, 0.3) is 6.08 Å². The number of nitrogens with zero attached hydrogens (tertiary/aromatic N) is 1. The maximum atomic E-state index is 5.85. The van der Waals surface area contributed by atoms with Gasteiger partial charge in [-0.1, -0.05) is 36.4 Å². The van der Waals surface area contributed by atoms with Gasteiger partial charge >= 0.3 is 0 Å². The molecule has 2 rings (SSSR count). The van der Waals surface area contributed by atoms with E-state index >= 15 is 0 Å². The van der Waals surface area contributed by atoms with Gasteiger partial charge in [0, 0.05) is 18.3 Å². The molecule has 0 saturated carbocycles. The van der Waals surface area contributed by atoms with Crippen molar-refractivity contribution in [3.8, 4) is 5.75 Å². The lowest BCUT2D eigenvalue weighted by Crippen LogP contribution is -2.06. The third kappa shape index (κ3) is 3.93. The van der Waals surface area contributed by atoms with Crippen LogP contribution in [-0.2, 0) is 13.2 Å². The standard InChI is InChI=1S/C17H20N2O/c1-3-6-15-7-4-5-8-17(15)20-13-16-10-9-14(11-18-2)12-19-16/h3-10,12,18H,11,13H2,1-2H3/b6-3+. The van der Waals surface area contributed by atoms with Crippen molar-refractivity contribution in [2.45, 2.75) is 20.1 Å². The van der Waals surface area contributed by atoms with Gasteiger partial charge in [0.15, 0.2) is 0 Å².